The fourth-order valence-corrected chi connectivity index (χ4v) is 2.22. The van der Waals surface area contributed by atoms with Crippen LogP contribution in [0.5, 0.6) is 0 Å². The number of esters is 1. The van der Waals surface area contributed by atoms with E-state index in [9.17, 15) is 4.79 Å². The van der Waals surface area contributed by atoms with Gasteiger partial charge in [-0.25, -0.2) is 0 Å². The third-order valence-corrected chi connectivity index (χ3v) is 2.93. The summed E-state index contributed by atoms with van der Waals surface area (Å²) in [5.74, 6) is -0.332. The highest BCUT2D eigenvalue weighted by Crippen LogP contribution is 2.29. The molecule has 3 atom stereocenters. The van der Waals surface area contributed by atoms with Gasteiger partial charge < -0.3 is 10.1 Å². The number of hydrogen-bond acceptors (Lipinski definition) is 5. The van der Waals surface area contributed by atoms with Crippen LogP contribution < -0.4 is 5.32 Å². The van der Waals surface area contributed by atoms with E-state index in [1.807, 2.05) is 12.0 Å². The zero-order valence-electron chi connectivity index (χ0n) is 8.53. The van der Waals surface area contributed by atoms with Crippen LogP contribution in [0.3, 0.4) is 0 Å². The summed E-state index contributed by atoms with van der Waals surface area (Å²) in [4.78, 5) is 17.1. The van der Waals surface area contributed by atoms with Crippen LogP contribution in [0.15, 0.2) is 0 Å². The van der Waals surface area contributed by atoms with Gasteiger partial charge in [-0.15, -0.1) is 0 Å². The number of fused-ring (bicyclic) bond motifs is 1. The topological polar surface area (TPSA) is 50.8 Å². The normalized spacial score (nSPS) is 38.0. The van der Waals surface area contributed by atoms with Crippen molar-refractivity contribution in [1.82, 2.24) is 10.4 Å². The number of methoxy groups -OCH3 is 1. The van der Waals surface area contributed by atoms with Gasteiger partial charge in [0.25, 0.3) is 0 Å². The van der Waals surface area contributed by atoms with E-state index < -0.39 is 0 Å². The monoisotopic (exact) mass is 200 g/mol. The summed E-state index contributed by atoms with van der Waals surface area (Å²) >= 11 is 0. The molecule has 0 aromatic rings. The molecule has 0 unspecified atom stereocenters. The van der Waals surface area contributed by atoms with E-state index >= 15 is 0 Å². The summed E-state index contributed by atoms with van der Waals surface area (Å²) < 4.78 is 4.78. The number of hydroxylamine groups is 2. The SMILES string of the molecule is COC(=O)[C@H]1[C@H]2CNCCN2O[C@@H]1C. The van der Waals surface area contributed by atoms with Crippen molar-refractivity contribution >= 4 is 5.97 Å². The van der Waals surface area contributed by atoms with Gasteiger partial charge >= 0.3 is 5.97 Å². The second-order valence-corrected chi connectivity index (χ2v) is 3.77. The predicted octanol–water partition coefficient (Wildman–Crippen LogP) is -0.617. The number of nitrogens with zero attached hydrogens (tertiary/aromatic N) is 1. The molecule has 2 saturated heterocycles. The molecule has 0 bridgehead atoms. The fraction of sp³-hybridized carbons (Fsp3) is 0.889. The lowest BCUT2D eigenvalue weighted by atomic mass is 9.95. The molecule has 14 heavy (non-hydrogen) atoms. The summed E-state index contributed by atoms with van der Waals surface area (Å²) in [7, 11) is 1.42. The molecule has 0 aliphatic carbocycles. The van der Waals surface area contributed by atoms with Crippen molar-refractivity contribution in [2.45, 2.75) is 19.1 Å². The summed E-state index contributed by atoms with van der Waals surface area (Å²) in [5, 5.41) is 5.16. The zero-order valence-corrected chi connectivity index (χ0v) is 8.53. The summed E-state index contributed by atoms with van der Waals surface area (Å²) in [5.41, 5.74) is 0. The Morgan fingerprint density at radius 3 is 3.14 bits per heavy atom. The largest absolute Gasteiger partial charge is 0.469 e. The van der Waals surface area contributed by atoms with E-state index in [0.29, 0.717) is 0 Å². The van der Waals surface area contributed by atoms with Crippen molar-refractivity contribution in [3.63, 3.8) is 0 Å². The molecule has 2 aliphatic rings. The minimum atomic E-state index is -0.172. The number of carbonyl (C=O) groups excluding carboxylic acids is 1. The van der Waals surface area contributed by atoms with Crippen LogP contribution in [0.25, 0.3) is 0 Å². The maximum absolute atomic E-state index is 11.5. The first-order chi connectivity index (χ1) is 6.74. The molecular weight excluding hydrogens is 184 g/mol. The quantitative estimate of drug-likeness (QED) is 0.572. The van der Waals surface area contributed by atoms with E-state index in [1.54, 1.807) is 0 Å². The Bertz CT molecular complexity index is 234. The Hall–Kier alpha value is -0.650. The van der Waals surface area contributed by atoms with Crippen LogP contribution in [-0.4, -0.2) is 49.9 Å². The Kier molecular flexibility index (Phi) is 2.71. The van der Waals surface area contributed by atoms with Gasteiger partial charge in [0.05, 0.1) is 19.3 Å². The second kappa shape index (κ2) is 3.84. The second-order valence-electron chi connectivity index (χ2n) is 3.77. The molecule has 0 radical (unpaired) electrons. The average Bonchev–Trinajstić information content (AvgIpc) is 2.53. The van der Waals surface area contributed by atoms with Crippen LogP contribution in [0, 0.1) is 5.92 Å². The molecular formula is C9H16N2O3. The Labute approximate surface area is 83.3 Å². The van der Waals surface area contributed by atoms with Crippen molar-refractivity contribution in [3.8, 4) is 0 Å². The van der Waals surface area contributed by atoms with Crippen molar-refractivity contribution in [2.24, 2.45) is 5.92 Å². The van der Waals surface area contributed by atoms with E-state index in [4.69, 9.17) is 9.57 Å². The maximum atomic E-state index is 11.5. The third-order valence-electron chi connectivity index (χ3n) is 2.93. The Morgan fingerprint density at radius 1 is 1.64 bits per heavy atom. The first-order valence-electron chi connectivity index (χ1n) is 4.96. The highest BCUT2D eigenvalue weighted by atomic mass is 16.7. The predicted molar refractivity (Wildman–Crippen MR) is 49.4 cm³/mol. The number of ether oxygens (including phenoxy) is 1. The molecule has 2 rings (SSSR count). The molecule has 0 spiro atoms. The lowest BCUT2D eigenvalue weighted by Crippen LogP contribution is -2.50. The standard InChI is InChI=1S/C9H16N2O3/c1-6-8(9(12)13-2)7-5-10-3-4-11(7)14-6/h6-8,10H,3-5H2,1-2H3/t6-,7-,8-/m1/s1. The number of rotatable bonds is 1. The van der Waals surface area contributed by atoms with E-state index in [2.05, 4.69) is 5.32 Å². The Balaban J connectivity index is 2.11. The van der Waals surface area contributed by atoms with Crippen LogP contribution >= 0.6 is 0 Å². The van der Waals surface area contributed by atoms with Crippen LogP contribution in [0.2, 0.25) is 0 Å². The molecule has 2 heterocycles. The zero-order chi connectivity index (χ0) is 10.1. The van der Waals surface area contributed by atoms with Crippen molar-refractivity contribution in [3.05, 3.63) is 0 Å². The summed E-state index contributed by atoms with van der Waals surface area (Å²) in [6.07, 6.45) is -0.0765. The van der Waals surface area contributed by atoms with Crippen molar-refractivity contribution in [1.29, 1.82) is 0 Å². The van der Waals surface area contributed by atoms with Crippen LogP contribution in [0.4, 0.5) is 0 Å². The summed E-state index contributed by atoms with van der Waals surface area (Å²) in [6.45, 7) is 4.46. The number of nitrogens with one attached hydrogen (secondary N) is 1. The highest BCUT2D eigenvalue weighted by molar-refractivity contribution is 5.74. The number of carbonyl (C=O) groups is 1. The molecule has 5 nitrogen and oxygen atoms in total. The molecule has 0 amide bonds. The van der Waals surface area contributed by atoms with Crippen molar-refractivity contribution < 1.29 is 14.4 Å². The molecule has 5 heteroatoms. The molecule has 0 saturated carbocycles. The lowest BCUT2D eigenvalue weighted by molar-refractivity contribution is -0.163. The van der Waals surface area contributed by atoms with Gasteiger partial charge in [0.1, 0.15) is 5.92 Å². The average molecular weight is 200 g/mol. The van der Waals surface area contributed by atoms with Gasteiger partial charge in [0.15, 0.2) is 0 Å². The van der Waals surface area contributed by atoms with E-state index in [1.165, 1.54) is 7.11 Å². The third kappa shape index (κ3) is 1.51. The minimum Gasteiger partial charge on any atom is -0.469 e. The molecule has 0 aromatic carbocycles. The number of piperazine rings is 1. The van der Waals surface area contributed by atoms with Crippen molar-refractivity contribution in [2.75, 3.05) is 26.7 Å². The van der Waals surface area contributed by atoms with Gasteiger partial charge in [0, 0.05) is 19.6 Å². The first-order valence-corrected chi connectivity index (χ1v) is 4.96. The summed E-state index contributed by atoms with van der Waals surface area (Å²) in [6, 6.07) is 0.131. The van der Waals surface area contributed by atoms with E-state index in [-0.39, 0.29) is 24.0 Å². The molecule has 1 N–H and O–H groups in total. The maximum Gasteiger partial charge on any atom is 0.313 e. The highest BCUT2D eigenvalue weighted by Gasteiger charge is 2.46. The van der Waals surface area contributed by atoms with E-state index in [0.717, 1.165) is 19.6 Å². The lowest BCUT2D eigenvalue weighted by Gasteiger charge is -2.29. The van der Waals surface area contributed by atoms with Gasteiger partial charge in [-0.2, -0.15) is 5.06 Å². The van der Waals surface area contributed by atoms with Gasteiger partial charge in [-0.05, 0) is 6.92 Å². The van der Waals surface area contributed by atoms with Crippen LogP contribution in [0.1, 0.15) is 6.92 Å². The van der Waals surface area contributed by atoms with Gasteiger partial charge in [-0.1, -0.05) is 0 Å². The van der Waals surface area contributed by atoms with Gasteiger partial charge in [-0.3, -0.25) is 9.63 Å². The number of hydrogen-bond donors (Lipinski definition) is 1. The van der Waals surface area contributed by atoms with Gasteiger partial charge in [0.2, 0.25) is 0 Å². The molecule has 80 valence electrons. The molecule has 2 aliphatic heterocycles. The first kappa shape index (κ1) is 9.89. The smallest absolute Gasteiger partial charge is 0.313 e. The van der Waals surface area contributed by atoms with Crippen LogP contribution in [-0.2, 0) is 14.4 Å². The Morgan fingerprint density at radius 2 is 2.43 bits per heavy atom. The molecule has 2 fully saturated rings. The minimum absolute atomic E-state index is 0.0765. The fourth-order valence-electron chi connectivity index (χ4n) is 2.22. The molecule has 0 aromatic heterocycles.